The average Bonchev–Trinajstić information content (AvgIpc) is 2.74. The molecule has 2 heteroatoms. The van der Waals surface area contributed by atoms with E-state index in [1.54, 1.807) is 0 Å². The van der Waals surface area contributed by atoms with E-state index in [9.17, 15) is 0 Å². The molecule has 2 aromatic rings. The van der Waals surface area contributed by atoms with Gasteiger partial charge >= 0.3 is 0 Å². The molecule has 2 nitrogen and oxygen atoms in total. The summed E-state index contributed by atoms with van der Waals surface area (Å²) in [6.07, 6.45) is 0. The fourth-order valence-electron chi connectivity index (χ4n) is 2.09. The van der Waals surface area contributed by atoms with Gasteiger partial charge in [0.15, 0.2) is 0 Å². The molecule has 0 radical (unpaired) electrons. The quantitative estimate of drug-likeness (QED) is 0.866. The summed E-state index contributed by atoms with van der Waals surface area (Å²) >= 11 is 0. The predicted octanol–water partition coefficient (Wildman–Crippen LogP) is 3.60. The van der Waals surface area contributed by atoms with Crippen molar-refractivity contribution in [3.05, 3.63) is 59.0 Å². The standard InChI is InChI=1S/C15H19NO/c1-4-16-15(14-10-9-12(3)17-14)13-8-6-5-7-11(13)2/h5-10,15-16H,4H2,1-3H3. The van der Waals surface area contributed by atoms with Crippen LogP contribution >= 0.6 is 0 Å². The first-order valence-corrected chi connectivity index (χ1v) is 6.07. The highest BCUT2D eigenvalue weighted by atomic mass is 16.3. The number of hydrogen-bond donors (Lipinski definition) is 1. The van der Waals surface area contributed by atoms with E-state index < -0.39 is 0 Å². The van der Waals surface area contributed by atoms with E-state index in [2.05, 4.69) is 49.5 Å². The van der Waals surface area contributed by atoms with Gasteiger partial charge in [-0.2, -0.15) is 0 Å². The van der Waals surface area contributed by atoms with Gasteiger partial charge in [-0.3, -0.25) is 0 Å². The van der Waals surface area contributed by atoms with Gasteiger partial charge in [0, 0.05) is 0 Å². The second kappa shape index (κ2) is 5.19. The third-order valence-electron chi connectivity index (χ3n) is 2.95. The number of hydrogen-bond acceptors (Lipinski definition) is 2. The van der Waals surface area contributed by atoms with Crippen LogP contribution in [0.5, 0.6) is 0 Å². The Morgan fingerprint density at radius 1 is 1.12 bits per heavy atom. The van der Waals surface area contributed by atoms with Gasteiger partial charge in [0.25, 0.3) is 0 Å². The zero-order valence-electron chi connectivity index (χ0n) is 10.7. The van der Waals surface area contributed by atoms with Crippen molar-refractivity contribution >= 4 is 0 Å². The summed E-state index contributed by atoms with van der Waals surface area (Å²) in [6.45, 7) is 7.14. The van der Waals surface area contributed by atoms with Gasteiger partial charge in [-0.1, -0.05) is 31.2 Å². The fourth-order valence-corrected chi connectivity index (χ4v) is 2.09. The Hall–Kier alpha value is -1.54. The van der Waals surface area contributed by atoms with Gasteiger partial charge in [-0.25, -0.2) is 0 Å². The molecule has 0 fully saturated rings. The van der Waals surface area contributed by atoms with Gasteiger partial charge in [0.05, 0.1) is 6.04 Å². The minimum absolute atomic E-state index is 0.148. The van der Waals surface area contributed by atoms with E-state index in [0.717, 1.165) is 18.1 Å². The summed E-state index contributed by atoms with van der Waals surface area (Å²) in [4.78, 5) is 0. The van der Waals surface area contributed by atoms with Crippen LogP contribution < -0.4 is 5.32 Å². The van der Waals surface area contributed by atoms with E-state index in [-0.39, 0.29) is 6.04 Å². The monoisotopic (exact) mass is 229 g/mol. The molecule has 1 heterocycles. The predicted molar refractivity (Wildman–Crippen MR) is 70.1 cm³/mol. The Bertz CT molecular complexity index is 487. The van der Waals surface area contributed by atoms with Crippen LogP contribution in [0.2, 0.25) is 0 Å². The second-order valence-electron chi connectivity index (χ2n) is 4.30. The minimum Gasteiger partial charge on any atom is -0.464 e. The van der Waals surface area contributed by atoms with Crippen LogP contribution in [0, 0.1) is 13.8 Å². The van der Waals surface area contributed by atoms with Crippen molar-refractivity contribution in [3.8, 4) is 0 Å². The normalized spacial score (nSPS) is 12.6. The van der Waals surface area contributed by atoms with E-state index in [1.807, 2.05) is 13.0 Å². The van der Waals surface area contributed by atoms with Gasteiger partial charge in [0.1, 0.15) is 11.5 Å². The Kier molecular flexibility index (Phi) is 3.64. The topological polar surface area (TPSA) is 25.2 Å². The van der Waals surface area contributed by atoms with Crippen LogP contribution in [-0.4, -0.2) is 6.54 Å². The number of nitrogens with one attached hydrogen (secondary N) is 1. The van der Waals surface area contributed by atoms with Gasteiger partial charge in [-0.05, 0) is 43.7 Å². The molecule has 0 bridgehead atoms. The van der Waals surface area contributed by atoms with Crippen LogP contribution in [0.15, 0.2) is 40.8 Å². The van der Waals surface area contributed by atoms with Crippen molar-refractivity contribution < 1.29 is 4.42 Å². The summed E-state index contributed by atoms with van der Waals surface area (Å²) in [5, 5.41) is 3.48. The average molecular weight is 229 g/mol. The summed E-state index contributed by atoms with van der Waals surface area (Å²) in [5.74, 6) is 1.94. The van der Waals surface area contributed by atoms with Gasteiger partial charge < -0.3 is 9.73 Å². The number of aryl methyl sites for hydroxylation is 2. The molecular formula is C15H19NO. The summed E-state index contributed by atoms with van der Waals surface area (Å²) < 4.78 is 5.75. The first-order chi connectivity index (χ1) is 8.22. The number of furan rings is 1. The highest BCUT2D eigenvalue weighted by Gasteiger charge is 2.17. The van der Waals surface area contributed by atoms with Crippen molar-refractivity contribution in [1.29, 1.82) is 0 Å². The molecule has 1 aromatic heterocycles. The van der Waals surface area contributed by atoms with E-state index in [1.165, 1.54) is 11.1 Å². The molecule has 2 rings (SSSR count). The maximum absolute atomic E-state index is 5.75. The third kappa shape index (κ3) is 2.59. The fraction of sp³-hybridized carbons (Fsp3) is 0.333. The largest absolute Gasteiger partial charge is 0.464 e. The number of benzene rings is 1. The highest BCUT2D eigenvalue weighted by molar-refractivity contribution is 5.33. The lowest BCUT2D eigenvalue weighted by atomic mass is 9.99. The molecule has 0 aliphatic heterocycles. The van der Waals surface area contributed by atoms with Crippen LogP contribution in [0.4, 0.5) is 0 Å². The molecule has 0 saturated heterocycles. The summed E-state index contributed by atoms with van der Waals surface area (Å²) in [5.41, 5.74) is 2.57. The molecule has 17 heavy (non-hydrogen) atoms. The molecule has 0 aliphatic rings. The maximum Gasteiger partial charge on any atom is 0.125 e. The Balaban J connectivity index is 2.39. The lowest BCUT2D eigenvalue weighted by Crippen LogP contribution is -2.22. The summed E-state index contributed by atoms with van der Waals surface area (Å²) in [7, 11) is 0. The highest BCUT2D eigenvalue weighted by Crippen LogP contribution is 2.26. The molecule has 1 aromatic carbocycles. The molecule has 1 atom stereocenters. The third-order valence-corrected chi connectivity index (χ3v) is 2.95. The Morgan fingerprint density at radius 3 is 2.47 bits per heavy atom. The van der Waals surface area contributed by atoms with Crippen LogP contribution in [-0.2, 0) is 0 Å². The molecular weight excluding hydrogens is 210 g/mol. The van der Waals surface area contributed by atoms with Gasteiger partial charge in [-0.15, -0.1) is 0 Å². The second-order valence-corrected chi connectivity index (χ2v) is 4.30. The lowest BCUT2D eigenvalue weighted by Gasteiger charge is -2.18. The smallest absolute Gasteiger partial charge is 0.125 e. The molecule has 0 spiro atoms. The minimum atomic E-state index is 0.148. The zero-order chi connectivity index (χ0) is 12.3. The van der Waals surface area contributed by atoms with E-state index in [4.69, 9.17) is 4.42 Å². The van der Waals surface area contributed by atoms with E-state index >= 15 is 0 Å². The van der Waals surface area contributed by atoms with Crippen molar-refractivity contribution in [3.63, 3.8) is 0 Å². The van der Waals surface area contributed by atoms with E-state index in [0.29, 0.717) is 0 Å². The van der Waals surface area contributed by atoms with Crippen molar-refractivity contribution in [2.24, 2.45) is 0 Å². The zero-order valence-corrected chi connectivity index (χ0v) is 10.7. The molecule has 0 aliphatic carbocycles. The van der Waals surface area contributed by atoms with Crippen LogP contribution in [0.25, 0.3) is 0 Å². The lowest BCUT2D eigenvalue weighted by molar-refractivity contribution is 0.434. The van der Waals surface area contributed by atoms with Gasteiger partial charge in [0.2, 0.25) is 0 Å². The first kappa shape index (κ1) is 11.9. The summed E-state index contributed by atoms with van der Waals surface area (Å²) in [6, 6.07) is 12.6. The Morgan fingerprint density at radius 2 is 1.88 bits per heavy atom. The molecule has 0 amide bonds. The molecule has 0 saturated carbocycles. The maximum atomic E-state index is 5.75. The SMILES string of the molecule is CCNC(c1ccc(C)o1)c1ccccc1C. The van der Waals surface area contributed by atoms with Crippen molar-refractivity contribution in [2.75, 3.05) is 6.54 Å². The van der Waals surface area contributed by atoms with Crippen LogP contribution in [0.1, 0.15) is 35.6 Å². The number of rotatable bonds is 4. The molecule has 1 N–H and O–H groups in total. The first-order valence-electron chi connectivity index (χ1n) is 6.07. The van der Waals surface area contributed by atoms with Crippen LogP contribution in [0.3, 0.4) is 0 Å². The molecule has 90 valence electrons. The van der Waals surface area contributed by atoms with Crippen molar-refractivity contribution in [1.82, 2.24) is 5.32 Å². The molecule has 1 unspecified atom stereocenters. The Labute approximate surface area is 103 Å². The van der Waals surface area contributed by atoms with Crippen molar-refractivity contribution in [2.45, 2.75) is 26.8 Å².